The molecule has 8 nitrogen and oxygen atoms in total. The number of ether oxygens (including phenoxy) is 2. The van der Waals surface area contributed by atoms with Crippen LogP contribution in [-0.2, 0) is 26.6 Å². The number of nitrogens with one attached hydrogen (secondary N) is 1. The van der Waals surface area contributed by atoms with Crippen molar-refractivity contribution in [2.45, 2.75) is 87.1 Å². The highest BCUT2D eigenvalue weighted by atomic mass is 35.5. The molecule has 2 aromatic carbocycles. The minimum Gasteiger partial charge on any atom is -0.490 e. The molecule has 2 aliphatic heterocycles. The van der Waals surface area contributed by atoms with Crippen molar-refractivity contribution in [3.8, 4) is 5.75 Å². The first-order chi connectivity index (χ1) is 22.2. The highest BCUT2D eigenvalue weighted by Crippen LogP contribution is 2.47. The number of nitrogens with zero attached hydrogens (tertiary/aromatic N) is 1. The van der Waals surface area contributed by atoms with Crippen molar-refractivity contribution in [3.05, 3.63) is 70.3 Å². The summed E-state index contributed by atoms with van der Waals surface area (Å²) in [5, 5.41) is 11.2. The van der Waals surface area contributed by atoms with Gasteiger partial charge in [0.15, 0.2) is 0 Å². The Bertz CT molecular complexity index is 1610. The first-order valence-electron chi connectivity index (χ1n) is 16.9. The molecule has 1 amide bonds. The number of carbonyl (C=O) groups excluding carboxylic acids is 1. The third-order valence-electron chi connectivity index (χ3n) is 11.5. The summed E-state index contributed by atoms with van der Waals surface area (Å²) in [6, 6.07) is 11.4. The van der Waals surface area contributed by atoms with E-state index in [2.05, 4.69) is 21.8 Å². The second-order valence-corrected chi connectivity index (χ2v) is 16.6. The number of hydrogen-bond donors (Lipinski definition) is 2. The highest BCUT2D eigenvalue weighted by molar-refractivity contribution is 7.90. The third-order valence-corrected chi connectivity index (χ3v) is 13.5. The van der Waals surface area contributed by atoms with E-state index < -0.39 is 33.4 Å². The number of benzene rings is 2. The van der Waals surface area contributed by atoms with E-state index in [1.807, 2.05) is 18.2 Å². The normalized spacial score (nSPS) is 33.3. The highest BCUT2D eigenvalue weighted by Gasteiger charge is 2.45. The monoisotopic (exact) mass is 668 g/mol. The van der Waals surface area contributed by atoms with Gasteiger partial charge in [0, 0.05) is 36.2 Å². The predicted octanol–water partition coefficient (Wildman–Crippen LogP) is 5.79. The lowest BCUT2D eigenvalue weighted by molar-refractivity contribution is 0.0450. The standard InChI is InChI=1S/C36H45ClN2O6S/c1-44-33-9-3-8-31(40)28-13-10-26(28)20-39-21-36(16-4-7-24-18-27(37)12-14-29(24)36)22-45-32-15-11-25(19-30(32)39)35(41)38-46(42,43)34(33)17-23-5-2-6-23/h3,8,11-12,14-15,18-19,23,26,28,31,33-34,40H,2,4-7,9-10,13,16-17,20-22H2,1H3,(H,38,41)/b8-3-/t26-,28+,31-,33+,34+,36-/m0/s1. The number of fused-ring (bicyclic) bond motifs is 4. The maximum absolute atomic E-state index is 13.9. The average molecular weight is 669 g/mol. The fraction of sp³-hybridized carbons (Fsp3) is 0.583. The number of carbonyl (C=O) groups is 1. The summed E-state index contributed by atoms with van der Waals surface area (Å²) in [5.41, 5.74) is 3.29. The van der Waals surface area contributed by atoms with E-state index in [1.54, 1.807) is 18.2 Å². The summed E-state index contributed by atoms with van der Waals surface area (Å²) in [6.07, 6.45) is 11.1. The van der Waals surface area contributed by atoms with Crippen LogP contribution in [-0.4, -0.2) is 63.7 Å². The lowest BCUT2D eigenvalue weighted by atomic mass is 9.68. The minimum absolute atomic E-state index is 0.0900. The van der Waals surface area contributed by atoms with E-state index >= 15 is 0 Å². The van der Waals surface area contributed by atoms with Crippen molar-refractivity contribution in [1.29, 1.82) is 0 Å². The van der Waals surface area contributed by atoms with Gasteiger partial charge in [0.1, 0.15) is 11.0 Å². The number of aliphatic hydroxyl groups is 1. The van der Waals surface area contributed by atoms with E-state index in [0.29, 0.717) is 38.3 Å². The van der Waals surface area contributed by atoms with E-state index in [0.717, 1.165) is 62.1 Å². The Kier molecular flexibility index (Phi) is 8.89. The molecule has 0 saturated heterocycles. The Balaban J connectivity index is 1.28. The number of anilines is 1. The topological polar surface area (TPSA) is 105 Å². The summed E-state index contributed by atoms with van der Waals surface area (Å²) in [6.45, 7) is 1.88. The molecule has 2 fully saturated rings. The van der Waals surface area contributed by atoms with Crippen LogP contribution in [0.3, 0.4) is 0 Å². The zero-order valence-electron chi connectivity index (χ0n) is 26.5. The molecule has 0 aromatic heterocycles. The lowest BCUT2D eigenvalue weighted by Crippen LogP contribution is -2.49. The molecule has 0 unspecified atom stereocenters. The maximum atomic E-state index is 13.9. The number of methoxy groups -OCH3 is 1. The fourth-order valence-corrected chi connectivity index (χ4v) is 10.4. The first kappa shape index (κ1) is 32.0. The number of amides is 1. The second-order valence-electron chi connectivity index (χ2n) is 14.3. The molecule has 6 atom stereocenters. The first-order valence-corrected chi connectivity index (χ1v) is 18.8. The molecular formula is C36H45ClN2O6S. The minimum atomic E-state index is -4.08. The smallest absolute Gasteiger partial charge is 0.264 e. The van der Waals surface area contributed by atoms with E-state index in [4.69, 9.17) is 21.1 Å². The predicted molar refractivity (Wildman–Crippen MR) is 179 cm³/mol. The average Bonchev–Trinajstić information content (AvgIpc) is 3.13. The Hall–Kier alpha value is -2.59. The Labute approximate surface area is 277 Å². The van der Waals surface area contributed by atoms with Crippen LogP contribution in [0.4, 0.5) is 5.69 Å². The summed E-state index contributed by atoms with van der Waals surface area (Å²) in [4.78, 5) is 16.0. The van der Waals surface area contributed by atoms with Crippen LogP contribution < -0.4 is 14.4 Å². The van der Waals surface area contributed by atoms with Gasteiger partial charge in [0.05, 0.1) is 24.5 Å². The number of aliphatic hydroxyl groups excluding tert-OH is 1. The zero-order chi connectivity index (χ0) is 32.1. The van der Waals surface area contributed by atoms with E-state index in [9.17, 15) is 18.3 Å². The maximum Gasteiger partial charge on any atom is 0.264 e. The van der Waals surface area contributed by atoms with Crippen molar-refractivity contribution in [1.82, 2.24) is 4.72 Å². The number of aryl methyl sites for hydroxylation is 1. The molecular weight excluding hydrogens is 624 g/mol. The second kappa shape index (κ2) is 12.8. The van der Waals surface area contributed by atoms with Gasteiger partial charge in [0.25, 0.3) is 5.91 Å². The molecule has 2 heterocycles. The van der Waals surface area contributed by atoms with Crippen LogP contribution >= 0.6 is 11.6 Å². The van der Waals surface area contributed by atoms with Gasteiger partial charge in [0.2, 0.25) is 10.0 Å². The van der Waals surface area contributed by atoms with Crippen molar-refractivity contribution >= 4 is 33.2 Å². The Morgan fingerprint density at radius 3 is 2.72 bits per heavy atom. The molecule has 2 aromatic rings. The van der Waals surface area contributed by atoms with Gasteiger partial charge in [-0.15, -0.1) is 0 Å². The molecule has 7 rings (SSSR count). The summed E-state index contributed by atoms with van der Waals surface area (Å²) < 4.78 is 42.5. The van der Waals surface area contributed by atoms with Crippen molar-refractivity contribution < 1.29 is 27.8 Å². The number of hydrogen-bond acceptors (Lipinski definition) is 7. The quantitative estimate of drug-likeness (QED) is 0.399. The van der Waals surface area contributed by atoms with Crippen LogP contribution in [0.15, 0.2) is 48.6 Å². The van der Waals surface area contributed by atoms with Gasteiger partial charge in [-0.2, -0.15) is 0 Å². The molecule has 2 saturated carbocycles. The molecule has 0 radical (unpaired) electrons. The lowest BCUT2D eigenvalue weighted by Gasteiger charge is -2.45. The van der Waals surface area contributed by atoms with Gasteiger partial charge in [-0.25, -0.2) is 13.1 Å². The largest absolute Gasteiger partial charge is 0.490 e. The van der Waals surface area contributed by atoms with E-state index in [1.165, 1.54) is 18.2 Å². The number of rotatable bonds is 3. The van der Waals surface area contributed by atoms with Crippen LogP contribution in [0.1, 0.15) is 79.3 Å². The van der Waals surface area contributed by atoms with Crippen LogP contribution in [0.25, 0.3) is 0 Å². The molecule has 1 spiro atoms. The van der Waals surface area contributed by atoms with Gasteiger partial charge in [-0.1, -0.05) is 49.1 Å². The van der Waals surface area contributed by atoms with Crippen LogP contribution in [0.2, 0.25) is 5.02 Å². The molecule has 5 aliphatic rings. The summed E-state index contributed by atoms with van der Waals surface area (Å²) in [7, 11) is -2.56. The van der Waals surface area contributed by atoms with E-state index in [-0.39, 0.29) is 28.7 Å². The van der Waals surface area contributed by atoms with Crippen molar-refractivity contribution in [2.75, 3.05) is 31.7 Å². The Morgan fingerprint density at radius 1 is 1.13 bits per heavy atom. The van der Waals surface area contributed by atoms with Gasteiger partial charge >= 0.3 is 0 Å². The summed E-state index contributed by atoms with van der Waals surface area (Å²) >= 11 is 6.41. The van der Waals surface area contributed by atoms with Crippen LogP contribution in [0.5, 0.6) is 5.75 Å². The van der Waals surface area contributed by atoms with Crippen molar-refractivity contribution in [2.24, 2.45) is 17.8 Å². The third kappa shape index (κ3) is 6.09. The van der Waals surface area contributed by atoms with Gasteiger partial charge < -0.3 is 19.5 Å². The molecule has 3 aliphatic carbocycles. The van der Waals surface area contributed by atoms with Crippen LogP contribution in [0, 0.1) is 17.8 Å². The SMILES string of the molecule is CO[C@@H]1C/C=C\[C@H](O)[C@@H]2CC[C@H]2CN2C[C@@]3(CCCc4cc(Cl)ccc43)COc3ccc(cc32)C(=O)NS(=O)(=O)[C@@H]1CC1CCC1. The zero-order valence-corrected chi connectivity index (χ0v) is 28.1. The van der Waals surface area contributed by atoms with Crippen molar-refractivity contribution in [3.63, 3.8) is 0 Å². The number of halogens is 1. The molecule has 2 bridgehead atoms. The molecule has 10 heteroatoms. The molecule has 2 N–H and O–H groups in total. The fourth-order valence-electron chi connectivity index (χ4n) is 8.50. The van der Waals surface area contributed by atoms with Gasteiger partial charge in [-0.3, -0.25) is 4.79 Å². The molecule has 46 heavy (non-hydrogen) atoms. The van der Waals surface area contributed by atoms with Gasteiger partial charge in [-0.05, 0) is 104 Å². The molecule has 248 valence electrons. The number of sulfonamides is 1. The summed E-state index contributed by atoms with van der Waals surface area (Å²) in [5.74, 6) is 0.666. The Morgan fingerprint density at radius 2 is 1.98 bits per heavy atom.